The van der Waals surface area contributed by atoms with Crippen LogP contribution in [0.5, 0.6) is 0 Å². The minimum absolute atomic E-state index is 0.00658. The third kappa shape index (κ3) is 9.30. The van der Waals surface area contributed by atoms with Crippen molar-refractivity contribution in [3.8, 4) is 0 Å². The molecule has 0 bridgehead atoms. The third-order valence-corrected chi connectivity index (χ3v) is 6.30. The minimum Gasteiger partial charge on any atom is -0.463 e. The zero-order chi connectivity index (χ0) is 27.6. The van der Waals surface area contributed by atoms with Crippen LogP contribution in [0.3, 0.4) is 0 Å². The molecule has 0 unspecified atom stereocenters. The van der Waals surface area contributed by atoms with E-state index in [1.54, 1.807) is 12.1 Å². The van der Waals surface area contributed by atoms with Gasteiger partial charge in [0.25, 0.3) is 10.1 Å². The Labute approximate surface area is 213 Å². The van der Waals surface area contributed by atoms with E-state index < -0.39 is 58.7 Å². The first-order chi connectivity index (χ1) is 17.4. The summed E-state index contributed by atoms with van der Waals surface area (Å²) in [5.74, 6) is -2.15. The molecule has 15 heteroatoms. The van der Waals surface area contributed by atoms with E-state index in [1.807, 2.05) is 6.92 Å². The average Bonchev–Trinajstić information content (AvgIpc) is 2.80. The van der Waals surface area contributed by atoms with Gasteiger partial charge in [-0.15, -0.1) is 0 Å². The molecule has 0 amide bonds. The van der Waals surface area contributed by atoms with Crippen LogP contribution >= 0.6 is 0 Å². The highest BCUT2D eigenvalue weighted by Crippen LogP contribution is 2.30. The highest BCUT2D eigenvalue weighted by atomic mass is 32.2. The number of nitrogens with zero attached hydrogens (tertiary/aromatic N) is 3. The lowest BCUT2D eigenvalue weighted by Gasteiger charge is -2.43. The van der Waals surface area contributed by atoms with E-state index in [9.17, 15) is 22.8 Å². The van der Waals surface area contributed by atoms with Crippen molar-refractivity contribution in [2.24, 2.45) is 5.11 Å². The summed E-state index contributed by atoms with van der Waals surface area (Å²) in [5.41, 5.74) is 9.96. The maximum absolute atomic E-state index is 12.3. The second-order valence-corrected chi connectivity index (χ2v) is 9.62. The van der Waals surface area contributed by atoms with Gasteiger partial charge in [-0.25, -0.2) is 0 Å². The summed E-state index contributed by atoms with van der Waals surface area (Å²) >= 11 is 0. The molecule has 1 aromatic carbocycles. The number of aryl methyl sites for hydroxylation is 1. The fourth-order valence-electron chi connectivity index (χ4n) is 3.41. The van der Waals surface area contributed by atoms with Crippen molar-refractivity contribution in [3.63, 3.8) is 0 Å². The Balaban J connectivity index is 2.11. The normalized spacial score (nSPS) is 23.4. The zero-order valence-corrected chi connectivity index (χ0v) is 21.6. The van der Waals surface area contributed by atoms with E-state index in [0.29, 0.717) is 0 Å². The predicted octanol–water partition coefficient (Wildman–Crippen LogP) is 1.94. The quantitative estimate of drug-likeness (QED) is 0.0712. The number of ether oxygens (including phenoxy) is 5. The Hall–Kier alpha value is -3.23. The number of azide groups is 1. The van der Waals surface area contributed by atoms with Gasteiger partial charge >= 0.3 is 17.9 Å². The second-order valence-electron chi connectivity index (χ2n) is 8.00. The van der Waals surface area contributed by atoms with Gasteiger partial charge in [0.05, 0.1) is 18.1 Å². The Morgan fingerprint density at radius 3 is 2.19 bits per heavy atom. The van der Waals surface area contributed by atoms with Crippen molar-refractivity contribution in [2.45, 2.75) is 69.7 Å². The highest BCUT2D eigenvalue weighted by molar-refractivity contribution is 7.86. The van der Waals surface area contributed by atoms with Gasteiger partial charge in [0.15, 0.2) is 18.5 Å². The maximum Gasteiger partial charge on any atom is 0.303 e. The lowest BCUT2D eigenvalue weighted by Crippen LogP contribution is -2.61. The van der Waals surface area contributed by atoms with E-state index in [2.05, 4.69) is 10.0 Å². The fraction of sp³-hybridized carbons (Fsp3) is 0.591. The Bertz CT molecular complexity index is 1100. The molecule has 14 nitrogen and oxygen atoms in total. The first-order valence-electron chi connectivity index (χ1n) is 11.2. The lowest BCUT2D eigenvalue weighted by molar-refractivity contribution is -0.273. The molecule has 0 aromatic heterocycles. The highest BCUT2D eigenvalue weighted by Gasteiger charge is 2.50. The van der Waals surface area contributed by atoms with Crippen molar-refractivity contribution < 1.29 is 50.7 Å². The van der Waals surface area contributed by atoms with E-state index in [-0.39, 0.29) is 31.1 Å². The summed E-state index contributed by atoms with van der Waals surface area (Å²) in [6.07, 6.45) is -4.96. The largest absolute Gasteiger partial charge is 0.463 e. The van der Waals surface area contributed by atoms with E-state index in [0.717, 1.165) is 26.3 Å². The first-order valence-corrected chi connectivity index (χ1v) is 12.6. The molecule has 1 heterocycles. The number of esters is 3. The summed E-state index contributed by atoms with van der Waals surface area (Å²) in [6, 6.07) is 4.86. The molecule has 204 valence electrons. The third-order valence-electron chi connectivity index (χ3n) is 4.97. The Morgan fingerprint density at radius 2 is 1.62 bits per heavy atom. The van der Waals surface area contributed by atoms with Gasteiger partial charge in [-0.1, -0.05) is 22.8 Å². The SMILES string of the molecule is CC(=O)OC[C@H]1O[C@H](OCCCOS(=O)(=O)c2ccc(C)cc2)[C@H](N=[N+]=[N-])[C@@H](OC(C)=O)[C@H]1OC(C)=O. The van der Waals surface area contributed by atoms with Crippen LogP contribution in [0.1, 0.15) is 32.8 Å². The molecule has 0 saturated carbocycles. The number of carbonyl (C=O) groups excluding carboxylic acids is 3. The monoisotopic (exact) mass is 543 g/mol. The molecule has 5 atom stereocenters. The van der Waals surface area contributed by atoms with Crippen molar-refractivity contribution in [3.05, 3.63) is 40.3 Å². The van der Waals surface area contributed by atoms with Crippen LogP contribution in [0.4, 0.5) is 0 Å². The zero-order valence-electron chi connectivity index (χ0n) is 20.8. The molecule has 0 aliphatic carbocycles. The molecule has 1 fully saturated rings. The number of hydrogen-bond acceptors (Lipinski definition) is 12. The Kier molecular flexibility index (Phi) is 11.3. The van der Waals surface area contributed by atoms with Crippen molar-refractivity contribution in [1.29, 1.82) is 0 Å². The van der Waals surface area contributed by atoms with Gasteiger partial charge in [0, 0.05) is 25.7 Å². The van der Waals surface area contributed by atoms with Crippen molar-refractivity contribution in [1.82, 2.24) is 0 Å². The second kappa shape index (κ2) is 13.9. The summed E-state index contributed by atoms with van der Waals surface area (Å²) in [5, 5.41) is 3.60. The predicted molar refractivity (Wildman–Crippen MR) is 124 cm³/mol. The summed E-state index contributed by atoms with van der Waals surface area (Å²) in [6.45, 7) is 4.48. The summed E-state index contributed by atoms with van der Waals surface area (Å²) in [7, 11) is -3.97. The van der Waals surface area contributed by atoms with Crippen LogP contribution in [0.25, 0.3) is 10.4 Å². The van der Waals surface area contributed by atoms with Crippen LogP contribution in [-0.4, -0.2) is 76.8 Å². The number of rotatable bonds is 12. The van der Waals surface area contributed by atoms with Gasteiger partial charge in [0.2, 0.25) is 0 Å². The molecule has 0 spiro atoms. The molecule has 37 heavy (non-hydrogen) atoms. The fourth-order valence-corrected chi connectivity index (χ4v) is 4.35. The molecule has 0 N–H and O–H groups in total. The number of carbonyl (C=O) groups is 3. The molecule has 1 aliphatic heterocycles. The van der Waals surface area contributed by atoms with Crippen LogP contribution in [0.2, 0.25) is 0 Å². The topological polar surface area (TPSA) is 189 Å². The molecule has 1 aliphatic rings. The Morgan fingerprint density at radius 1 is 1.00 bits per heavy atom. The molecule has 1 saturated heterocycles. The smallest absolute Gasteiger partial charge is 0.303 e. The molecule has 0 radical (unpaired) electrons. The molecular weight excluding hydrogens is 514 g/mol. The van der Waals surface area contributed by atoms with Gasteiger partial charge in [-0.05, 0) is 31.0 Å². The lowest BCUT2D eigenvalue weighted by atomic mass is 9.97. The molecule has 1 aromatic rings. The van der Waals surface area contributed by atoms with Crippen LogP contribution in [0.15, 0.2) is 34.3 Å². The standard InChI is InChI=1S/C22H29N3O11S/c1-13-6-8-17(9-7-13)37(29,30)33-11-5-10-31-22-19(24-25-23)21(35-16(4)28)20(34-15(3)27)18(36-22)12-32-14(2)26/h6-9,18-22H,5,10-12H2,1-4H3/t18-,19-,20+,21-,22+/m1/s1. The van der Waals surface area contributed by atoms with Gasteiger partial charge in [-0.3, -0.25) is 18.6 Å². The van der Waals surface area contributed by atoms with Crippen LogP contribution in [-0.2, 0) is 52.4 Å². The molecule has 2 rings (SSSR count). The maximum atomic E-state index is 12.3. The first kappa shape index (κ1) is 30.0. The average molecular weight is 544 g/mol. The number of benzene rings is 1. The number of hydrogen-bond donors (Lipinski definition) is 0. The van der Waals surface area contributed by atoms with Crippen molar-refractivity contribution in [2.75, 3.05) is 19.8 Å². The van der Waals surface area contributed by atoms with Gasteiger partial charge in [0.1, 0.15) is 18.8 Å². The van der Waals surface area contributed by atoms with E-state index in [1.165, 1.54) is 12.1 Å². The molecular formula is C22H29N3O11S. The summed E-state index contributed by atoms with van der Waals surface area (Å²) in [4.78, 5) is 37.5. The van der Waals surface area contributed by atoms with Gasteiger partial charge < -0.3 is 23.7 Å². The minimum atomic E-state index is -3.97. The van der Waals surface area contributed by atoms with E-state index in [4.69, 9.17) is 33.4 Å². The summed E-state index contributed by atoms with van der Waals surface area (Å²) < 4.78 is 56.6. The van der Waals surface area contributed by atoms with Crippen LogP contribution in [0, 0.1) is 6.92 Å². The van der Waals surface area contributed by atoms with E-state index >= 15 is 0 Å². The van der Waals surface area contributed by atoms with Crippen LogP contribution < -0.4 is 0 Å². The van der Waals surface area contributed by atoms with Gasteiger partial charge in [-0.2, -0.15) is 8.42 Å². The van der Waals surface area contributed by atoms with Crippen molar-refractivity contribution >= 4 is 28.0 Å².